The topological polar surface area (TPSA) is 137 Å². The number of carboxylic acid groups (broad SMARTS) is 1. The number of esters is 1. The average molecular weight is 642 g/mol. The molecule has 1 aromatic heterocycles. The van der Waals surface area contributed by atoms with Crippen molar-refractivity contribution in [1.29, 1.82) is 0 Å². The van der Waals surface area contributed by atoms with Crippen molar-refractivity contribution in [2.24, 2.45) is 4.99 Å². The molecule has 4 atom stereocenters. The van der Waals surface area contributed by atoms with Crippen molar-refractivity contribution < 1.29 is 46.9 Å². The number of carboxylic acids is 1. The highest BCUT2D eigenvalue weighted by Gasteiger charge is 2.61. The summed E-state index contributed by atoms with van der Waals surface area (Å²) in [6, 6.07) is -1.26. The quantitative estimate of drug-likeness (QED) is 0.263. The number of benzene rings is 1. The molecule has 0 bridgehead atoms. The van der Waals surface area contributed by atoms with Gasteiger partial charge in [0.05, 0.1) is 31.4 Å². The first-order valence-electron chi connectivity index (χ1n) is 13.8. The number of carbonyl (C=O) groups is 2. The number of hydrogen-bond donors (Lipinski definition) is 3. The molecule has 238 valence electrons. The number of nitrogens with zero attached hydrogens (tertiary/aromatic N) is 4. The Balaban J connectivity index is 1.52. The molecule has 2 fully saturated rings. The van der Waals surface area contributed by atoms with Crippen molar-refractivity contribution in [2.75, 3.05) is 32.8 Å². The van der Waals surface area contributed by atoms with Crippen molar-refractivity contribution in [3.63, 3.8) is 0 Å². The van der Waals surface area contributed by atoms with E-state index in [1.165, 1.54) is 35.4 Å². The van der Waals surface area contributed by atoms with Gasteiger partial charge in [-0.1, -0.05) is 6.07 Å². The lowest BCUT2D eigenvalue weighted by molar-refractivity contribution is -0.190. The number of fused-ring (bicyclic) bond motifs is 1. The Morgan fingerprint density at radius 2 is 2.07 bits per heavy atom. The molecule has 1 aromatic carbocycles. The van der Waals surface area contributed by atoms with Gasteiger partial charge in [-0.15, -0.1) is 11.3 Å². The van der Waals surface area contributed by atoms with Gasteiger partial charge in [0.1, 0.15) is 12.1 Å². The van der Waals surface area contributed by atoms with Crippen LogP contribution in [0.4, 0.5) is 17.6 Å². The molecule has 5 rings (SSSR count). The van der Waals surface area contributed by atoms with Crippen LogP contribution in [0.1, 0.15) is 42.4 Å². The number of aliphatic imine (C=N–C) groups is 1. The summed E-state index contributed by atoms with van der Waals surface area (Å²) in [6.07, 6.45) is 1.17. The molecular weight excluding hydrogens is 610 g/mol. The summed E-state index contributed by atoms with van der Waals surface area (Å²) in [4.78, 5) is 40.6. The molecule has 3 aliphatic rings. The zero-order valence-corrected chi connectivity index (χ0v) is 24.8. The molecule has 0 aliphatic carbocycles. The third-order valence-corrected chi connectivity index (χ3v) is 8.75. The smallest absolute Gasteiger partial charge is 0.338 e. The van der Waals surface area contributed by atoms with Gasteiger partial charge in [-0.2, -0.15) is 5.06 Å². The minimum absolute atomic E-state index is 0.0163. The molecule has 2 aromatic rings. The molecule has 3 aliphatic heterocycles. The number of hydrogen-bond acceptors (Lipinski definition) is 11. The van der Waals surface area contributed by atoms with E-state index in [-0.39, 0.29) is 61.0 Å². The Morgan fingerprint density at radius 3 is 2.73 bits per heavy atom. The zero-order chi connectivity index (χ0) is 32.0. The number of aromatic nitrogens is 1. The first-order chi connectivity index (χ1) is 20.7. The Labute approximate surface area is 253 Å². The van der Waals surface area contributed by atoms with E-state index < -0.39 is 59.8 Å². The molecule has 4 heterocycles. The fraction of sp³-hybridized carbons (Fsp3) is 0.500. The van der Waals surface area contributed by atoms with Crippen LogP contribution in [0.5, 0.6) is 0 Å². The van der Waals surface area contributed by atoms with Gasteiger partial charge in [0.15, 0.2) is 28.1 Å². The van der Waals surface area contributed by atoms with E-state index in [0.717, 1.165) is 18.1 Å². The lowest BCUT2D eigenvalue weighted by Gasteiger charge is -2.31. The van der Waals surface area contributed by atoms with E-state index in [2.05, 4.69) is 15.3 Å². The third kappa shape index (κ3) is 5.96. The maximum absolute atomic E-state index is 15.5. The van der Waals surface area contributed by atoms with Crippen molar-refractivity contribution >= 4 is 29.1 Å². The lowest BCUT2D eigenvalue weighted by Crippen LogP contribution is -2.47. The van der Waals surface area contributed by atoms with E-state index >= 15 is 8.78 Å². The highest BCUT2D eigenvalue weighted by Crippen LogP contribution is 2.42. The summed E-state index contributed by atoms with van der Waals surface area (Å²) < 4.78 is 65.1. The fourth-order valence-corrected chi connectivity index (χ4v) is 6.22. The summed E-state index contributed by atoms with van der Waals surface area (Å²) in [5, 5.41) is 25.5. The second kappa shape index (κ2) is 12.2. The van der Waals surface area contributed by atoms with Crippen LogP contribution >= 0.6 is 11.3 Å². The molecule has 44 heavy (non-hydrogen) atoms. The van der Waals surface area contributed by atoms with Gasteiger partial charge < -0.3 is 20.3 Å². The second-order valence-corrected chi connectivity index (χ2v) is 11.9. The van der Waals surface area contributed by atoms with Gasteiger partial charge in [0.2, 0.25) is 0 Å². The number of rotatable bonds is 10. The summed E-state index contributed by atoms with van der Waals surface area (Å²) in [7, 11) is 0. The van der Waals surface area contributed by atoms with Crippen LogP contribution in [0, 0.1) is 18.6 Å². The number of amidine groups is 1. The van der Waals surface area contributed by atoms with E-state index in [0.29, 0.717) is 5.01 Å². The zero-order valence-electron chi connectivity index (χ0n) is 24.0. The van der Waals surface area contributed by atoms with Crippen molar-refractivity contribution in [2.45, 2.75) is 56.8 Å². The summed E-state index contributed by atoms with van der Waals surface area (Å²) >= 11 is 1.23. The van der Waals surface area contributed by atoms with Gasteiger partial charge in [-0.25, -0.2) is 32.1 Å². The minimum atomic E-state index is -3.31. The fourth-order valence-electron chi connectivity index (χ4n) is 5.64. The van der Waals surface area contributed by atoms with Crippen LogP contribution in [-0.4, -0.2) is 99.4 Å². The molecule has 2 saturated heterocycles. The number of ether oxygens (including phenoxy) is 1. The van der Waals surface area contributed by atoms with E-state index in [4.69, 9.17) is 9.57 Å². The highest BCUT2D eigenvalue weighted by molar-refractivity contribution is 7.11. The number of nitrogens with one attached hydrogen (secondary N) is 1. The molecule has 11 nitrogen and oxygen atoms in total. The Morgan fingerprint density at radius 1 is 1.32 bits per heavy atom. The van der Waals surface area contributed by atoms with Crippen LogP contribution in [-0.2, 0) is 19.2 Å². The standard InChI is InChI=1S/C28H31F4N5O6S/c1-4-42-25(38)19-17(11-36-13-28(31,32)22-18(36)12-43-37(22)9-7-27(3,41)26(39)40)34-23(24-33-8-10-44-24)35-21(19)15-5-6-16(29)20(30)14(15)2/h5-6,8,10,18,21-22,41H,4,7,9,11-13H2,1-3H3,(H,34,35)(H,39,40)/t18-,21+,22+,27+/m0/s1. The molecular formula is C28H31F4N5O6S. The summed E-state index contributed by atoms with van der Waals surface area (Å²) in [6.45, 7) is 2.64. The SMILES string of the molecule is CCOC(=O)C1=C(CN2CC(F)(F)[C@H]3[C@@H]2CON3CC[C@@](C)(O)C(=O)O)NC(c2nccs2)=N[C@@H]1c1ccc(F)c(F)c1C. The maximum atomic E-state index is 15.5. The maximum Gasteiger partial charge on any atom is 0.338 e. The van der Waals surface area contributed by atoms with Gasteiger partial charge in [-0.3, -0.25) is 14.7 Å². The number of alkyl halides is 2. The predicted octanol–water partition coefficient (Wildman–Crippen LogP) is 2.80. The van der Waals surface area contributed by atoms with Crippen molar-refractivity contribution in [3.05, 3.63) is 62.7 Å². The first kappa shape index (κ1) is 32.0. The predicted molar refractivity (Wildman–Crippen MR) is 149 cm³/mol. The van der Waals surface area contributed by atoms with E-state index in [9.17, 15) is 28.6 Å². The molecule has 0 saturated carbocycles. The number of aliphatic carboxylic acids is 1. The Bertz CT molecular complexity index is 1500. The van der Waals surface area contributed by atoms with E-state index in [1.54, 1.807) is 12.3 Å². The summed E-state index contributed by atoms with van der Waals surface area (Å²) in [5.41, 5.74) is -1.92. The Kier molecular flexibility index (Phi) is 8.83. The number of carbonyl (C=O) groups excluding carboxylic acids is 1. The number of halogens is 4. The number of hydroxylamine groups is 2. The summed E-state index contributed by atoms with van der Waals surface area (Å²) in [5.74, 6) is -7.58. The largest absolute Gasteiger partial charge is 0.479 e. The molecule has 0 amide bonds. The van der Waals surface area contributed by atoms with Crippen LogP contribution < -0.4 is 5.32 Å². The van der Waals surface area contributed by atoms with E-state index in [1.807, 2.05) is 0 Å². The van der Waals surface area contributed by atoms with Crippen molar-refractivity contribution in [3.8, 4) is 0 Å². The third-order valence-electron chi connectivity index (χ3n) is 7.97. The molecule has 3 N–H and O–H groups in total. The molecule has 0 unspecified atom stereocenters. The van der Waals surface area contributed by atoms with Crippen LogP contribution in [0.2, 0.25) is 0 Å². The monoisotopic (exact) mass is 641 g/mol. The van der Waals surface area contributed by atoms with Gasteiger partial charge >= 0.3 is 11.9 Å². The average Bonchev–Trinajstić information content (AvgIpc) is 3.70. The van der Waals surface area contributed by atoms with Crippen LogP contribution in [0.25, 0.3) is 0 Å². The lowest BCUT2D eigenvalue weighted by atomic mass is 9.92. The first-order valence-corrected chi connectivity index (χ1v) is 14.7. The van der Waals surface area contributed by atoms with Gasteiger partial charge in [0.25, 0.3) is 5.92 Å². The molecule has 16 heteroatoms. The highest BCUT2D eigenvalue weighted by atomic mass is 32.1. The van der Waals surface area contributed by atoms with Crippen LogP contribution in [0.3, 0.4) is 0 Å². The molecule has 0 radical (unpaired) electrons. The second-order valence-electron chi connectivity index (χ2n) is 11.0. The van der Waals surface area contributed by atoms with Gasteiger partial charge in [0, 0.05) is 36.8 Å². The van der Waals surface area contributed by atoms with Gasteiger partial charge in [-0.05, 0) is 38.0 Å². The normalized spacial score (nSPS) is 24.9. The number of aliphatic hydroxyl groups is 1. The van der Waals surface area contributed by atoms with Crippen molar-refractivity contribution in [1.82, 2.24) is 20.3 Å². The van der Waals surface area contributed by atoms with Crippen LogP contribution in [0.15, 0.2) is 40.0 Å². The molecule has 0 spiro atoms. The number of thiazole rings is 1. The number of likely N-dealkylation sites (tertiary alicyclic amines) is 1. The minimum Gasteiger partial charge on any atom is -0.479 e. The Hall–Kier alpha value is -3.44.